The molecule has 0 saturated heterocycles. The molecule has 0 radical (unpaired) electrons. The van der Waals surface area contributed by atoms with Crippen LogP contribution in [0.5, 0.6) is 5.75 Å². The van der Waals surface area contributed by atoms with E-state index in [1.165, 1.54) is 0 Å². The summed E-state index contributed by atoms with van der Waals surface area (Å²) in [6.07, 6.45) is 2.20. The van der Waals surface area contributed by atoms with Gasteiger partial charge in [-0.25, -0.2) is 0 Å². The summed E-state index contributed by atoms with van der Waals surface area (Å²) < 4.78 is 5.78. The van der Waals surface area contributed by atoms with Gasteiger partial charge in [-0.05, 0) is 25.0 Å². The van der Waals surface area contributed by atoms with E-state index in [-0.39, 0.29) is 11.9 Å². The lowest BCUT2D eigenvalue weighted by molar-refractivity contribution is -0.902. The molecule has 2 aromatic rings. The molecule has 1 fully saturated rings. The van der Waals surface area contributed by atoms with E-state index in [2.05, 4.69) is 12.4 Å². The van der Waals surface area contributed by atoms with E-state index >= 15 is 0 Å². The minimum Gasteiger partial charge on any atom is -0.488 e. The van der Waals surface area contributed by atoms with Crippen molar-refractivity contribution >= 4 is 5.91 Å². The molecular weight excluding hydrogens is 300 g/mol. The lowest BCUT2D eigenvalue weighted by atomic mass is 10.0. The number of benzene rings is 2. The Bertz CT molecular complexity index is 641. The number of amides is 1. The van der Waals surface area contributed by atoms with Crippen LogP contribution in [0.25, 0.3) is 0 Å². The number of hydrogen-bond donors (Lipinski definition) is 2. The molecule has 4 nitrogen and oxygen atoms in total. The molecule has 1 saturated carbocycles. The number of para-hydroxylation sites is 1. The summed E-state index contributed by atoms with van der Waals surface area (Å²) in [7, 11) is 2.05. The second-order valence-electron chi connectivity index (χ2n) is 6.38. The fourth-order valence-electron chi connectivity index (χ4n) is 2.81. The Kier molecular flexibility index (Phi) is 5.49. The van der Waals surface area contributed by atoms with Gasteiger partial charge < -0.3 is 15.0 Å². The van der Waals surface area contributed by atoms with Crippen LogP contribution in [0.4, 0.5) is 0 Å². The van der Waals surface area contributed by atoms with Gasteiger partial charge in [0.25, 0.3) is 5.91 Å². The van der Waals surface area contributed by atoms with Gasteiger partial charge in [0.2, 0.25) is 0 Å². The van der Waals surface area contributed by atoms with E-state index in [9.17, 15) is 4.79 Å². The van der Waals surface area contributed by atoms with Gasteiger partial charge in [0.05, 0.1) is 7.05 Å². The summed E-state index contributed by atoms with van der Waals surface area (Å²) in [5.41, 5.74) is 1.05. The highest BCUT2D eigenvalue weighted by atomic mass is 16.5. The summed E-state index contributed by atoms with van der Waals surface area (Å²) in [4.78, 5) is 13.8. The quantitative estimate of drug-likeness (QED) is 0.774. The van der Waals surface area contributed by atoms with Crippen LogP contribution < -0.4 is 15.0 Å². The number of rotatable bonds is 8. The minimum absolute atomic E-state index is 0.112. The molecule has 0 spiro atoms. The van der Waals surface area contributed by atoms with Crippen molar-refractivity contribution in [1.29, 1.82) is 0 Å². The van der Waals surface area contributed by atoms with Crippen LogP contribution in [0, 0.1) is 0 Å². The van der Waals surface area contributed by atoms with Gasteiger partial charge in [-0.1, -0.05) is 48.5 Å². The first-order valence-corrected chi connectivity index (χ1v) is 8.59. The Balaban J connectivity index is 1.61. The zero-order chi connectivity index (χ0) is 16.8. The lowest BCUT2D eigenvalue weighted by Crippen LogP contribution is -3.11. The largest absolute Gasteiger partial charge is 0.488 e. The molecule has 1 aliphatic carbocycles. The molecule has 0 aromatic heterocycles. The molecule has 1 aliphatic rings. The molecular formula is C20H25N2O2+. The monoisotopic (exact) mass is 325 g/mol. The molecule has 0 bridgehead atoms. The van der Waals surface area contributed by atoms with Crippen LogP contribution in [0.2, 0.25) is 0 Å². The third-order valence-electron chi connectivity index (χ3n) is 4.32. The van der Waals surface area contributed by atoms with Crippen LogP contribution in [-0.2, 0) is 4.79 Å². The molecule has 3 rings (SSSR count). The standard InChI is InChI=1S/C20H24N2O2/c1-22(14-15-24-18-10-6-3-7-11-18)19(16-8-4-2-5-9-16)20(23)21-17-12-13-17/h2-11,17,19H,12-15H2,1H3,(H,21,23)/p+1/t19-/m0/s1. The predicted molar refractivity (Wildman–Crippen MR) is 94.0 cm³/mol. The summed E-state index contributed by atoms with van der Waals surface area (Å²) in [5, 5.41) is 3.14. The highest BCUT2D eigenvalue weighted by molar-refractivity contribution is 5.82. The van der Waals surface area contributed by atoms with Crippen molar-refractivity contribution in [3.63, 3.8) is 0 Å². The van der Waals surface area contributed by atoms with Crippen molar-refractivity contribution in [3.05, 3.63) is 66.2 Å². The van der Waals surface area contributed by atoms with Crippen LogP contribution >= 0.6 is 0 Å². The molecule has 1 amide bonds. The maximum absolute atomic E-state index is 12.7. The van der Waals surface area contributed by atoms with E-state index in [0.717, 1.165) is 35.6 Å². The predicted octanol–water partition coefficient (Wildman–Crippen LogP) is 1.60. The van der Waals surface area contributed by atoms with E-state index in [4.69, 9.17) is 4.74 Å². The normalized spacial score (nSPS) is 16.2. The average Bonchev–Trinajstić information content (AvgIpc) is 3.41. The maximum Gasteiger partial charge on any atom is 0.283 e. The second-order valence-corrected chi connectivity index (χ2v) is 6.38. The number of nitrogens with one attached hydrogen (secondary N) is 2. The number of quaternary nitrogens is 1. The molecule has 0 aliphatic heterocycles. The van der Waals surface area contributed by atoms with E-state index in [1.54, 1.807) is 0 Å². The second kappa shape index (κ2) is 7.97. The Morgan fingerprint density at radius 3 is 2.38 bits per heavy atom. The number of carbonyl (C=O) groups excluding carboxylic acids is 1. The average molecular weight is 325 g/mol. The molecule has 2 N–H and O–H groups in total. The Morgan fingerprint density at radius 1 is 1.12 bits per heavy atom. The third-order valence-corrected chi connectivity index (χ3v) is 4.32. The molecule has 4 heteroatoms. The van der Waals surface area contributed by atoms with E-state index in [0.29, 0.717) is 12.6 Å². The van der Waals surface area contributed by atoms with Crippen LogP contribution in [-0.4, -0.2) is 32.1 Å². The number of hydrogen-bond acceptors (Lipinski definition) is 2. The Labute approximate surface area is 143 Å². The SMILES string of the molecule is C[NH+](CCOc1ccccc1)[C@H](C(=O)NC1CC1)c1ccccc1. The molecule has 2 aromatic carbocycles. The number of carbonyl (C=O) groups is 1. The van der Waals surface area contributed by atoms with Gasteiger partial charge in [0.15, 0.2) is 6.04 Å². The summed E-state index contributed by atoms with van der Waals surface area (Å²) >= 11 is 0. The first-order valence-electron chi connectivity index (χ1n) is 8.59. The lowest BCUT2D eigenvalue weighted by Gasteiger charge is -2.24. The molecule has 0 heterocycles. The first-order chi connectivity index (χ1) is 11.7. The smallest absolute Gasteiger partial charge is 0.283 e. The van der Waals surface area contributed by atoms with Gasteiger partial charge in [-0.15, -0.1) is 0 Å². The van der Waals surface area contributed by atoms with Crippen LogP contribution in [0.15, 0.2) is 60.7 Å². The van der Waals surface area contributed by atoms with Gasteiger partial charge in [0, 0.05) is 11.6 Å². The fraction of sp³-hybridized carbons (Fsp3) is 0.350. The van der Waals surface area contributed by atoms with Gasteiger partial charge >= 0.3 is 0 Å². The van der Waals surface area contributed by atoms with E-state index in [1.807, 2.05) is 60.7 Å². The van der Waals surface area contributed by atoms with E-state index < -0.39 is 0 Å². The Morgan fingerprint density at radius 2 is 1.75 bits per heavy atom. The van der Waals surface area contributed by atoms with Crippen molar-refractivity contribution in [1.82, 2.24) is 5.32 Å². The molecule has 1 unspecified atom stereocenters. The Hall–Kier alpha value is -2.33. The molecule has 2 atom stereocenters. The number of ether oxygens (including phenoxy) is 1. The highest BCUT2D eigenvalue weighted by Gasteiger charge is 2.33. The van der Waals surface area contributed by atoms with Crippen molar-refractivity contribution in [2.45, 2.75) is 24.9 Å². The zero-order valence-corrected chi connectivity index (χ0v) is 14.1. The van der Waals surface area contributed by atoms with Crippen LogP contribution in [0.3, 0.4) is 0 Å². The van der Waals surface area contributed by atoms with Gasteiger partial charge in [-0.2, -0.15) is 0 Å². The summed E-state index contributed by atoms with van der Waals surface area (Å²) in [5.74, 6) is 0.977. The van der Waals surface area contributed by atoms with Crippen molar-refractivity contribution in [2.24, 2.45) is 0 Å². The third kappa shape index (κ3) is 4.59. The zero-order valence-electron chi connectivity index (χ0n) is 14.1. The molecule has 24 heavy (non-hydrogen) atoms. The van der Waals surface area contributed by atoms with Crippen LogP contribution in [0.1, 0.15) is 24.4 Å². The highest BCUT2D eigenvalue weighted by Crippen LogP contribution is 2.20. The van der Waals surface area contributed by atoms with Gasteiger partial charge in [0.1, 0.15) is 18.9 Å². The molecule has 126 valence electrons. The topological polar surface area (TPSA) is 42.8 Å². The summed E-state index contributed by atoms with van der Waals surface area (Å²) in [6.45, 7) is 1.34. The van der Waals surface area contributed by atoms with Crippen molar-refractivity contribution in [3.8, 4) is 5.75 Å². The van der Waals surface area contributed by atoms with Crippen molar-refractivity contribution in [2.75, 3.05) is 20.2 Å². The fourth-order valence-corrected chi connectivity index (χ4v) is 2.81. The van der Waals surface area contributed by atoms with Gasteiger partial charge in [-0.3, -0.25) is 4.79 Å². The van der Waals surface area contributed by atoms with Crippen molar-refractivity contribution < 1.29 is 14.4 Å². The maximum atomic E-state index is 12.7. The summed E-state index contributed by atoms with van der Waals surface area (Å²) in [6, 6.07) is 20.0. The first kappa shape index (κ1) is 16.5. The number of likely N-dealkylation sites (N-methyl/N-ethyl adjacent to an activating group) is 1. The minimum atomic E-state index is -0.203.